The lowest BCUT2D eigenvalue weighted by atomic mass is 10.1. The molecule has 0 atom stereocenters. The maximum absolute atomic E-state index is 9.00. The quantitative estimate of drug-likeness (QED) is 0.459. The zero-order chi connectivity index (χ0) is 14.8. The van der Waals surface area contributed by atoms with E-state index in [1.165, 1.54) is 38.5 Å². The molecule has 0 amide bonds. The van der Waals surface area contributed by atoms with Crippen LogP contribution >= 0.6 is 0 Å². The first kappa shape index (κ1) is 20.2. The van der Waals surface area contributed by atoms with Crippen molar-refractivity contribution in [3.8, 4) is 0 Å². The topological polar surface area (TPSA) is 57.5 Å². The van der Waals surface area contributed by atoms with Crippen LogP contribution in [0.2, 0.25) is 0 Å². The van der Waals surface area contributed by atoms with Crippen molar-refractivity contribution in [2.45, 2.75) is 65.2 Å². The van der Waals surface area contributed by atoms with Gasteiger partial charge in [-0.05, 0) is 25.7 Å². The highest BCUT2D eigenvalue weighted by Crippen LogP contribution is 2.07. The minimum atomic E-state index is -0.833. The van der Waals surface area contributed by atoms with Crippen LogP contribution in [0.1, 0.15) is 65.2 Å². The molecule has 0 saturated carbocycles. The van der Waals surface area contributed by atoms with Crippen LogP contribution in [0.15, 0.2) is 24.3 Å². The van der Waals surface area contributed by atoms with Gasteiger partial charge in [-0.3, -0.25) is 4.79 Å². The number of carbonyl (C=O) groups is 1. The van der Waals surface area contributed by atoms with Crippen LogP contribution in [0.25, 0.3) is 0 Å². The lowest BCUT2D eigenvalue weighted by Gasteiger charge is -1.98. The Morgan fingerprint density at radius 3 is 1.95 bits per heavy atom. The number of aliphatic carboxylic acids is 1. The van der Waals surface area contributed by atoms with Crippen LogP contribution < -0.4 is 0 Å². The van der Waals surface area contributed by atoms with E-state index >= 15 is 0 Å². The molecule has 0 heterocycles. The highest BCUT2D eigenvalue weighted by atomic mass is 16.4. The molecule has 0 aromatic carbocycles. The zero-order valence-electron chi connectivity index (χ0n) is 12.5. The molecule has 0 radical (unpaired) electrons. The standard InChI is InChI=1S/C14H26O.C2H4O2/c1-2-3-4-5-6-7-8-9-10-11-12-13-14-15;1-2(3)4/h3-6,15H,2,7-14H2,1H3;1H3,(H,3,4)/b4-3+,6-5-;. The first-order chi connectivity index (χ1) is 9.15. The van der Waals surface area contributed by atoms with Crippen LogP contribution in [0.3, 0.4) is 0 Å². The van der Waals surface area contributed by atoms with Crippen molar-refractivity contribution in [3.05, 3.63) is 24.3 Å². The van der Waals surface area contributed by atoms with Gasteiger partial charge in [-0.2, -0.15) is 0 Å². The molecule has 0 bridgehead atoms. The number of aliphatic hydroxyl groups excluding tert-OH is 1. The van der Waals surface area contributed by atoms with E-state index in [1.54, 1.807) is 0 Å². The van der Waals surface area contributed by atoms with E-state index in [0.29, 0.717) is 6.61 Å². The van der Waals surface area contributed by atoms with Crippen molar-refractivity contribution in [2.24, 2.45) is 0 Å². The summed E-state index contributed by atoms with van der Waals surface area (Å²) in [4.78, 5) is 9.00. The highest BCUT2D eigenvalue weighted by molar-refractivity contribution is 5.62. The average molecular weight is 270 g/mol. The number of carboxylic acids is 1. The summed E-state index contributed by atoms with van der Waals surface area (Å²) in [5.74, 6) is -0.833. The smallest absolute Gasteiger partial charge is 0.300 e. The molecule has 0 spiro atoms. The predicted molar refractivity (Wildman–Crippen MR) is 81.3 cm³/mol. The summed E-state index contributed by atoms with van der Waals surface area (Å²) < 4.78 is 0. The molecule has 0 unspecified atom stereocenters. The molecule has 19 heavy (non-hydrogen) atoms. The molecule has 0 aliphatic rings. The van der Waals surface area contributed by atoms with Gasteiger partial charge in [0.25, 0.3) is 5.97 Å². The molecule has 0 aliphatic heterocycles. The number of hydrogen-bond acceptors (Lipinski definition) is 2. The summed E-state index contributed by atoms with van der Waals surface area (Å²) in [5.41, 5.74) is 0. The maximum atomic E-state index is 9.00. The summed E-state index contributed by atoms with van der Waals surface area (Å²) in [6, 6.07) is 0. The van der Waals surface area contributed by atoms with Crippen LogP contribution in [0.5, 0.6) is 0 Å². The number of hydrogen-bond donors (Lipinski definition) is 2. The molecule has 0 aromatic heterocycles. The van der Waals surface area contributed by atoms with Gasteiger partial charge in [0.2, 0.25) is 0 Å². The van der Waals surface area contributed by atoms with Crippen molar-refractivity contribution < 1.29 is 15.0 Å². The number of allylic oxidation sites excluding steroid dienone is 4. The summed E-state index contributed by atoms with van der Waals surface area (Å²) in [6.07, 6.45) is 18.4. The largest absolute Gasteiger partial charge is 0.481 e. The Bertz CT molecular complexity index is 228. The number of rotatable bonds is 10. The van der Waals surface area contributed by atoms with Crippen molar-refractivity contribution in [1.82, 2.24) is 0 Å². The molecule has 0 fully saturated rings. The first-order valence-corrected chi connectivity index (χ1v) is 7.27. The molecule has 3 heteroatoms. The van der Waals surface area contributed by atoms with E-state index in [-0.39, 0.29) is 0 Å². The second kappa shape index (κ2) is 19.3. The monoisotopic (exact) mass is 270 g/mol. The molecular formula is C16H30O3. The molecule has 2 N–H and O–H groups in total. The Balaban J connectivity index is 0. The van der Waals surface area contributed by atoms with Crippen LogP contribution in [-0.4, -0.2) is 22.8 Å². The van der Waals surface area contributed by atoms with Gasteiger partial charge in [0.15, 0.2) is 0 Å². The van der Waals surface area contributed by atoms with Gasteiger partial charge in [0, 0.05) is 13.5 Å². The maximum Gasteiger partial charge on any atom is 0.300 e. The van der Waals surface area contributed by atoms with Crippen LogP contribution in [0.4, 0.5) is 0 Å². The van der Waals surface area contributed by atoms with Gasteiger partial charge in [0.05, 0.1) is 0 Å². The van der Waals surface area contributed by atoms with Crippen molar-refractivity contribution in [1.29, 1.82) is 0 Å². The van der Waals surface area contributed by atoms with E-state index in [0.717, 1.165) is 19.8 Å². The molecular weight excluding hydrogens is 240 g/mol. The predicted octanol–water partition coefficient (Wildman–Crippen LogP) is 4.32. The third kappa shape index (κ3) is 31.6. The Labute approximate surface area is 118 Å². The SMILES string of the molecule is CC(=O)O.CC/C=C/C=C\CCCCCCCCO. The first-order valence-electron chi connectivity index (χ1n) is 7.27. The van der Waals surface area contributed by atoms with Gasteiger partial charge in [-0.1, -0.05) is 56.9 Å². The number of aliphatic hydroxyl groups is 1. The second-order valence-corrected chi connectivity index (χ2v) is 4.42. The minimum Gasteiger partial charge on any atom is -0.481 e. The van der Waals surface area contributed by atoms with Crippen molar-refractivity contribution >= 4 is 5.97 Å². The summed E-state index contributed by atoms with van der Waals surface area (Å²) in [5, 5.41) is 16.0. The van der Waals surface area contributed by atoms with Gasteiger partial charge < -0.3 is 10.2 Å². The molecule has 0 rings (SSSR count). The Hall–Kier alpha value is -1.09. The van der Waals surface area contributed by atoms with Crippen molar-refractivity contribution in [3.63, 3.8) is 0 Å². The molecule has 112 valence electrons. The Morgan fingerprint density at radius 1 is 0.947 bits per heavy atom. The zero-order valence-corrected chi connectivity index (χ0v) is 12.5. The van der Waals surface area contributed by atoms with Gasteiger partial charge in [-0.25, -0.2) is 0 Å². The second-order valence-electron chi connectivity index (χ2n) is 4.42. The van der Waals surface area contributed by atoms with Crippen molar-refractivity contribution in [2.75, 3.05) is 6.61 Å². The minimum absolute atomic E-state index is 0.354. The fraction of sp³-hybridized carbons (Fsp3) is 0.688. The Morgan fingerprint density at radius 2 is 1.42 bits per heavy atom. The summed E-state index contributed by atoms with van der Waals surface area (Å²) >= 11 is 0. The van der Waals surface area contributed by atoms with E-state index < -0.39 is 5.97 Å². The third-order valence-electron chi connectivity index (χ3n) is 2.40. The molecule has 0 aromatic rings. The van der Waals surface area contributed by atoms with Gasteiger partial charge in [0.1, 0.15) is 0 Å². The van der Waals surface area contributed by atoms with Gasteiger partial charge >= 0.3 is 0 Å². The number of carboxylic acid groups (broad SMARTS) is 1. The van der Waals surface area contributed by atoms with Crippen LogP contribution in [-0.2, 0) is 4.79 Å². The fourth-order valence-corrected chi connectivity index (χ4v) is 1.47. The lowest BCUT2D eigenvalue weighted by Crippen LogP contribution is -1.83. The fourth-order valence-electron chi connectivity index (χ4n) is 1.47. The van der Waals surface area contributed by atoms with E-state index in [4.69, 9.17) is 15.0 Å². The van der Waals surface area contributed by atoms with E-state index in [1.807, 2.05) is 0 Å². The van der Waals surface area contributed by atoms with Gasteiger partial charge in [-0.15, -0.1) is 0 Å². The van der Waals surface area contributed by atoms with E-state index in [9.17, 15) is 0 Å². The third-order valence-corrected chi connectivity index (χ3v) is 2.40. The average Bonchev–Trinajstić information content (AvgIpc) is 2.35. The summed E-state index contributed by atoms with van der Waals surface area (Å²) in [6.45, 7) is 3.59. The molecule has 0 aliphatic carbocycles. The normalized spacial score (nSPS) is 10.7. The van der Waals surface area contributed by atoms with Crippen LogP contribution in [0, 0.1) is 0 Å². The summed E-state index contributed by atoms with van der Waals surface area (Å²) in [7, 11) is 0. The molecule has 3 nitrogen and oxygen atoms in total. The number of unbranched alkanes of at least 4 members (excludes halogenated alkanes) is 6. The highest BCUT2D eigenvalue weighted by Gasteiger charge is 1.89. The van der Waals surface area contributed by atoms with E-state index in [2.05, 4.69) is 31.2 Å². The Kier molecular flexibility index (Phi) is 20.5. The molecule has 0 saturated heterocycles. The lowest BCUT2D eigenvalue weighted by molar-refractivity contribution is -0.134.